The number of nitrogens with one attached hydrogen (secondary N) is 1. The number of carbonyl (C=O) groups excluding carboxylic acids is 2. The highest BCUT2D eigenvalue weighted by molar-refractivity contribution is 5.88. The SMILES string of the molecule is CC(C(N)=O)(c1ccc(-n2ccc(C=NO)c2)c(F)c1)C1CNC(=O)O1. The lowest BCUT2D eigenvalue weighted by molar-refractivity contribution is -0.126. The number of halogens is 1. The van der Waals surface area contributed by atoms with E-state index in [1.807, 2.05) is 0 Å². The van der Waals surface area contributed by atoms with Crippen LogP contribution in [0.4, 0.5) is 9.18 Å². The van der Waals surface area contributed by atoms with E-state index in [4.69, 9.17) is 15.7 Å². The third kappa shape index (κ3) is 2.87. The molecule has 9 heteroatoms. The molecule has 1 aromatic carbocycles. The van der Waals surface area contributed by atoms with E-state index in [0.717, 1.165) is 0 Å². The molecule has 4 N–H and O–H groups in total. The predicted octanol–water partition coefficient (Wildman–Crippen LogP) is 1.28. The second-order valence-electron chi connectivity index (χ2n) is 6.10. The van der Waals surface area contributed by atoms with Crippen LogP contribution in [0.15, 0.2) is 41.8 Å². The van der Waals surface area contributed by atoms with Crippen LogP contribution < -0.4 is 11.1 Å². The minimum absolute atomic E-state index is 0.100. The average Bonchev–Trinajstić information content (AvgIpc) is 3.23. The lowest BCUT2D eigenvalue weighted by Gasteiger charge is -2.31. The van der Waals surface area contributed by atoms with Gasteiger partial charge in [-0.25, -0.2) is 9.18 Å². The number of hydrogen-bond acceptors (Lipinski definition) is 5. The van der Waals surface area contributed by atoms with Crippen molar-refractivity contribution in [2.45, 2.75) is 18.4 Å². The van der Waals surface area contributed by atoms with E-state index in [1.54, 1.807) is 24.5 Å². The summed E-state index contributed by atoms with van der Waals surface area (Å²) in [5, 5.41) is 13.9. The van der Waals surface area contributed by atoms with Crippen LogP contribution in [-0.4, -0.2) is 40.6 Å². The third-order valence-electron chi connectivity index (χ3n) is 4.58. The molecule has 2 heterocycles. The second kappa shape index (κ2) is 6.51. The number of alkyl carbamates (subject to hydrolysis) is 1. The van der Waals surface area contributed by atoms with Gasteiger partial charge in [0.05, 0.1) is 18.4 Å². The maximum atomic E-state index is 14.7. The highest BCUT2D eigenvalue weighted by atomic mass is 19.1. The quantitative estimate of drug-likeness (QED) is 0.423. The van der Waals surface area contributed by atoms with E-state index < -0.39 is 29.3 Å². The standard InChI is InChI=1S/C17H17FN4O4/c1-17(15(19)23,14-8-20-16(24)26-14)11-2-3-13(12(18)6-11)22-5-4-10(9-22)7-21-25/h2-7,9,14,25H,8H2,1H3,(H2,19,23)(H,20,24). The Labute approximate surface area is 148 Å². The molecule has 8 nitrogen and oxygen atoms in total. The van der Waals surface area contributed by atoms with Gasteiger partial charge in [-0.3, -0.25) is 4.79 Å². The Hall–Kier alpha value is -3.36. The average molecular weight is 360 g/mol. The maximum absolute atomic E-state index is 14.7. The fourth-order valence-corrected chi connectivity index (χ4v) is 2.94. The molecule has 26 heavy (non-hydrogen) atoms. The van der Waals surface area contributed by atoms with E-state index in [-0.39, 0.29) is 12.2 Å². The predicted molar refractivity (Wildman–Crippen MR) is 89.9 cm³/mol. The van der Waals surface area contributed by atoms with Gasteiger partial charge >= 0.3 is 6.09 Å². The number of oxime groups is 1. The van der Waals surface area contributed by atoms with Crippen LogP contribution in [0.25, 0.3) is 5.69 Å². The van der Waals surface area contributed by atoms with E-state index >= 15 is 0 Å². The van der Waals surface area contributed by atoms with Gasteiger partial charge in [0.25, 0.3) is 0 Å². The molecule has 1 aromatic heterocycles. The zero-order chi connectivity index (χ0) is 18.9. The van der Waals surface area contributed by atoms with Crippen molar-refractivity contribution in [3.63, 3.8) is 0 Å². The van der Waals surface area contributed by atoms with Gasteiger partial charge < -0.3 is 25.6 Å². The van der Waals surface area contributed by atoms with Gasteiger partial charge in [0.2, 0.25) is 5.91 Å². The first kappa shape index (κ1) is 17.5. The molecule has 0 spiro atoms. The van der Waals surface area contributed by atoms with E-state index in [2.05, 4.69) is 10.5 Å². The fourth-order valence-electron chi connectivity index (χ4n) is 2.94. The summed E-state index contributed by atoms with van der Waals surface area (Å²) >= 11 is 0. The second-order valence-corrected chi connectivity index (χ2v) is 6.10. The molecule has 1 aliphatic rings. The monoisotopic (exact) mass is 360 g/mol. The molecule has 2 unspecified atom stereocenters. The van der Waals surface area contributed by atoms with Crippen LogP contribution in [0.3, 0.4) is 0 Å². The largest absolute Gasteiger partial charge is 0.443 e. The normalized spacial score (nSPS) is 19.2. The number of hydrogen-bond donors (Lipinski definition) is 3. The minimum Gasteiger partial charge on any atom is -0.443 e. The van der Waals surface area contributed by atoms with E-state index in [9.17, 15) is 14.0 Å². The van der Waals surface area contributed by atoms with Gasteiger partial charge in [0.1, 0.15) is 17.3 Å². The summed E-state index contributed by atoms with van der Waals surface area (Å²) in [7, 11) is 0. The van der Waals surface area contributed by atoms with Crippen molar-refractivity contribution in [2.24, 2.45) is 10.9 Å². The van der Waals surface area contributed by atoms with Crippen LogP contribution >= 0.6 is 0 Å². The first-order valence-corrected chi connectivity index (χ1v) is 7.76. The number of benzene rings is 1. The molecule has 0 saturated carbocycles. The summed E-state index contributed by atoms with van der Waals surface area (Å²) in [4.78, 5) is 23.4. The molecule has 2 atom stereocenters. The topological polar surface area (TPSA) is 119 Å². The van der Waals surface area contributed by atoms with E-state index in [0.29, 0.717) is 11.1 Å². The van der Waals surface area contributed by atoms with Crippen molar-refractivity contribution < 1.29 is 23.9 Å². The van der Waals surface area contributed by atoms with Crippen LogP contribution in [0.1, 0.15) is 18.1 Å². The molecule has 2 aromatic rings. The highest BCUT2D eigenvalue weighted by Gasteiger charge is 2.47. The van der Waals surface area contributed by atoms with Crippen molar-refractivity contribution in [1.29, 1.82) is 0 Å². The molecule has 0 aliphatic carbocycles. The number of nitrogens with zero attached hydrogens (tertiary/aromatic N) is 2. The summed E-state index contributed by atoms with van der Waals surface area (Å²) in [6, 6.07) is 5.90. The van der Waals surface area contributed by atoms with Crippen LogP contribution in [-0.2, 0) is 14.9 Å². The van der Waals surface area contributed by atoms with Crippen molar-refractivity contribution >= 4 is 18.2 Å². The number of nitrogens with two attached hydrogens (primary N) is 1. The fraction of sp³-hybridized carbons (Fsp3) is 0.235. The Kier molecular flexibility index (Phi) is 4.37. The maximum Gasteiger partial charge on any atom is 0.407 e. The molecule has 3 rings (SSSR count). The van der Waals surface area contributed by atoms with Gasteiger partial charge in [0.15, 0.2) is 0 Å². The van der Waals surface area contributed by atoms with Crippen LogP contribution in [0.5, 0.6) is 0 Å². The molecular formula is C17H17FN4O4. The first-order chi connectivity index (χ1) is 12.4. The van der Waals surface area contributed by atoms with Crippen molar-refractivity contribution in [1.82, 2.24) is 9.88 Å². The van der Waals surface area contributed by atoms with Gasteiger partial charge in [-0.1, -0.05) is 11.2 Å². The Morgan fingerprint density at radius 1 is 1.54 bits per heavy atom. The Balaban J connectivity index is 1.99. The number of aromatic nitrogens is 1. The number of carbonyl (C=O) groups is 2. The Morgan fingerprint density at radius 2 is 2.31 bits per heavy atom. The summed E-state index contributed by atoms with van der Waals surface area (Å²) in [6.07, 6.45) is 2.91. The van der Waals surface area contributed by atoms with E-state index in [1.165, 1.54) is 29.8 Å². The Bertz CT molecular complexity index is 895. The van der Waals surface area contributed by atoms with Gasteiger partial charge in [-0.15, -0.1) is 0 Å². The van der Waals surface area contributed by atoms with Crippen molar-refractivity contribution in [2.75, 3.05) is 6.54 Å². The number of rotatable bonds is 5. The zero-order valence-corrected chi connectivity index (χ0v) is 13.8. The third-order valence-corrected chi connectivity index (χ3v) is 4.58. The van der Waals surface area contributed by atoms with Crippen molar-refractivity contribution in [3.8, 4) is 5.69 Å². The zero-order valence-electron chi connectivity index (χ0n) is 13.8. The molecule has 2 amide bonds. The number of ether oxygens (including phenoxy) is 1. The highest BCUT2D eigenvalue weighted by Crippen LogP contribution is 2.33. The number of primary amides is 1. The molecule has 136 valence electrons. The summed E-state index contributed by atoms with van der Waals surface area (Å²) in [5.74, 6) is -1.32. The molecule has 1 saturated heterocycles. The Morgan fingerprint density at radius 3 is 2.88 bits per heavy atom. The molecule has 1 fully saturated rings. The van der Waals surface area contributed by atoms with Crippen LogP contribution in [0.2, 0.25) is 0 Å². The molecule has 0 bridgehead atoms. The van der Waals surface area contributed by atoms with Gasteiger partial charge in [-0.05, 0) is 30.7 Å². The molecule has 0 radical (unpaired) electrons. The van der Waals surface area contributed by atoms with Crippen molar-refractivity contribution in [3.05, 3.63) is 53.6 Å². The smallest absolute Gasteiger partial charge is 0.407 e. The molecule has 1 aliphatic heterocycles. The summed E-state index contributed by atoms with van der Waals surface area (Å²) in [5.41, 5.74) is 5.28. The van der Waals surface area contributed by atoms with Gasteiger partial charge in [-0.2, -0.15) is 0 Å². The number of cyclic esters (lactones) is 1. The lowest BCUT2D eigenvalue weighted by Crippen LogP contribution is -2.49. The lowest BCUT2D eigenvalue weighted by atomic mass is 9.76. The van der Waals surface area contributed by atoms with Crippen LogP contribution in [0, 0.1) is 5.82 Å². The molecular weight excluding hydrogens is 343 g/mol. The summed E-state index contributed by atoms with van der Waals surface area (Å²) in [6.45, 7) is 1.61. The number of amides is 2. The van der Waals surface area contributed by atoms with Gasteiger partial charge in [0, 0.05) is 18.0 Å². The summed E-state index contributed by atoms with van der Waals surface area (Å²) < 4.78 is 21.3. The first-order valence-electron chi connectivity index (χ1n) is 7.76. The minimum atomic E-state index is -1.38.